The van der Waals surface area contributed by atoms with Crippen LogP contribution in [0.1, 0.15) is 35.2 Å². The molecule has 0 spiro atoms. The minimum atomic E-state index is -0.613. The van der Waals surface area contributed by atoms with Crippen LogP contribution >= 0.6 is 39.3 Å². The van der Waals surface area contributed by atoms with E-state index in [1.807, 2.05) is 69.3 Å². The van der Waals surface area contributed by atoms with Gasteiger partial charge in [-0.05, 0) is 83.2 Å². The van der Waals surface area contributed by atoms with E-state index < -0.39 is 6.04 Å². The van der Waals surface area contributed by atoms with Gasteiger partial charge in [0, 0.05) is 22.2 Å². The molecule has 1 aliphatic heterocycles. The Bertz CT molecular complexity index is 1590. The van der Waals surface area contributed by atoms with Gasteiger partial charge in [-0.15, -0.1) is 5.10 Å². The maximum atomic E-state index is 13.8. The summed E-state index contributed by atoms with van der Waals surface area (Å²) >= 11 is 11.1. The molecule has 1 amide bonds. The standard InChI is InChI=1S/C28H25BrClN5O2S/c1-15-7-6-10-22(16(15)2)32-26(37)24-17(3)31-27-33-28(38-14-19-8-4-5-9-21(19)30)34-35(27)25(24)18-11-12-20(29)23(36)13-18/h4-13,25,36H,14H2,1-3H3,(H,32,37)(H,31,33,34). The van der Waals surface area contributed by atoms with Gasteiger partial charge in [-0.2, -0.15) is 4.98 Å². The van der Waals surface area contributed by atoms with Crippen molar-refractivity contribution in [3.63, 3.8) is 0 Å². The minimum absolute atomic E-state index is 0.0722. The van der Waals surface area contributed by atoms with E-state index in [-0.39, 0.29) is 11.7 Å². The van der Waals surface area contributed by atoms with Crippen LogP contribution in [0.25, 0.3) is 0 Å². The fourth-order valence-electron chi connectivity index (χ4n) is 4.33. The third kappa shape index (κ3) is 5.18. The van der Waals surface area contributed by atoms with Crippen molar-refractivity contribution in [2.75, 3.05) is 10.6 Å². The molecule has 1 unspecified atom stereocenters. The van der Waals surface area contributed by atoms with Crippen LogP contribution in [0.2, 0.25) is 5.02 Å². The molecule has 1 aliphatic rings. The van der Waals surface area contributed by atoms with Gasteiger partial charge in [-0.3, -0.25) is 4.79 Å². The van der Waals surface area contributed by atoms with Gasteiger partial charge in [0.05, 0.1) is 10.0 Å². The first-order chi connectivity index (χ1) is 18.2. The number of halogens is 2. The minimum Gasteiger partial charge on any atom is -0.507 e. The maximum absolute atomic E-state index is 13.8. The van der Waals surface area contributed by atoms with Crippen LogP contribution in [-0.4, -0.2) is 25.8 Å². The predicted octanol–water partition coefficient (Wildman–Crippen LogP) is 7.24. The summed E-state index contributed by atoms with van der Waals surface area (Å²) in [6.07, 6.45) is 0. The van der Waals surface area contributed by atoms with E-state index in [1.165, 1.54) is 11.8 Å². The van der Waals surface area contributed by atoms with Crippen molar-refractivity contribution >= 4 is 56.8 Å². The maximum Gasteiger partial charge on any atom is 0.255 e. The normalized spacial score (nSPS) is 14.7. The number of fused-ring (bicyclic) bond motifs is 1. The number of benzene rings is 3. The van der Waals surface area contributed by atoms with Crippen LogP contribution in [0.5, 0.6) is 5.75 Å². The molecule has 2 heterocycles. The third-order valence-electron chi connectivity index (χ3n) is 6.53. The van der Waals surface area contributed by atoms with Crippen LogP contribution < -0.4 is 10.6 Å². The molecule has 3 N–H and O–H groups in total. The van der Waals surface area contributed by atoms with Crippen LogP contribution in [0.15, 0.2) is 81.6 Å². The Labute approximate surface area is 238 Å². The van der Waals surface area contributed by atoms with Crippen molar-refractivity contribution in [1.82, 2.24) is 14.8 Å². The molecule has 194 valence electrons. The van der Waals surface area contributed by atoms with Gasteiger partial charge >= 0.3 is 0 Å². The number of carbonyl (C=O) groups is 1. The molecule has 10 heteroatoms. The van der Waals surface area contributed by atoms with Gasteiger partial charge in [0.25, 0.3) is 5.91 Å². The van der Waals surface area contributed by atoms with Crippen molar-refractivity contribution in [1.29, 1.82) is 0 Å². The lowest BCUT2D eigenvalue weighted by molar-refractivity contribution is -0.113. The topological polar surface area (TPSA) is 92.1 Å². The van der Waals surface area contributed by atoms with Crippen molar-refractivity contribution in [2.24, 2.45) is 0 Å². The van der Waals surface area contributed by atoms with Gasteiger partial charge in [0.2, 0.25) is 11.1 Å². The molecule has 1 atom stereocenters. The smallest absolute Gasteiger partial charge is 0.255 e. The monoisotopic (exact) mass is 609 g/mol. The van der Waals surface area contributed by atoms with E-state index in [4.69, 9.17) is 16.7 Å². The first-order valence-electron chi connectivity index (χ1n) is 11.9. The fraction of sp³-hybridized carbons (Fsp3) is 0.179. The Hall–Kier alpha value is -3.27. The summed E-state index contributed by atoms with van der Waals surface area (Å²) in [7, 11) is 0. The van der Waals surface area contributed by atoms with Gasteiger partial charge < -0.3 is 15.7 Å². The van der Waals surface area contributed by atoms with Gasteiger partial charge in [-0.1, -0.05) is 59.8 Å². The lowest BCUT2D eigenvalue weighted by Crippen LogP contribution is -2.31. The summed E-state index contributed by atoms with van der Waals surface area (Å²) in [5.41, 5.74) is 5.65. The summed E-state index contributed by atoms with van der Waals surface area (Å²) in [6.45, 7) is 5.83. The predicted molar refractivity (Wildman–Crippen MR) is 156 cm³/mol. The molecular weight excluding hydrogens is 586 g/mol. The van der Waals surface area contributed by atoms with E-state index in [2.05, 4.69) is 31.5 Å². The molecule has 38 heavy (non-hydrogen) atoms. The first-order valence-corrected chi connectivity index (χ1v) is 14.0. The number of allylic oxidation sites excluding steroid dienone is 1. The van der Waals surface area contributed by atoms with E-state index >= 15 is 0 Å². The zero-order valence-corrected chi connectivity index (χ0v) is 24.1. The molecule has 0 saturated carbocycles. The average Bonchev–Trinajstić information content (AvgIpc) is 3.29. The molecule has 0 radical (unpaired) electrons. The molecule has 0 aliphatic carbocycles. The Morgan fingerprint density at radius 2 is 1.95 bits per heavy atom. The number of hydrogen-bond acceptors (Lipinski definition) is 6. The van der Waals surface area contributed by atoms with Crippen molar-refractivity contribution < 1.29 is 9.90 Å². The zero-order valence-electron chi connectivity index (χ0n) is 20.9. The second-order valence-corrected chi connectivity index (χ2v) is 11.2. The van der Waals surface area contributed by atoms with E-state index in [9.17, 15) is 9.90 Å². The number of thioether (sulfide) groups is 1. The number of aryl methyl sites for hydroxylation is 1. The zero-order chi connectivity index (χ0) is 27.0. The summed E-state index contributed by atoms with van der Waals surface area (Å²) in [4.78, 5) is 18.5. The number of hydrogen-bond donors (Lipinski definition) is 3. The fourth-order valence-corrected chi connectivity index (χ4v) is 5.69. The van der Waals surface area contributed by atoms with Crippen LogP contribution in [0.4, 0.5) is 11.6 Å². The Kier molecular flexibility index (Phi) is 7.52. The van der Waals surface area contributed by atoms with Crippen LogP contribution in [-0.2, 0) is 10.5 Å². The summed E-state index contributed by atoms with van der Waals surface area (Å²) in [6, 6.07) is 18.1. The Morgan fingerprint density at radius 1 is 1.16 bits per heavy atom. The lowest BCUT2D eigenvalue weighted by atomic mass is 9.94. The summed E-state index contributed by atoms with van der Waals surface area (Å²) in [5, 5.41) is 22.8. The molecule has 7 nitrogen and oxygen atoms in total. The molecule has 3 aromatic carbocycles. The van der Waals surface area contributed by atoms with E-state index in [0.29, 0.717) is 43.2 Å². The number of phenols is 1. The molecule has 0 bridgehead atoms. The number of rotatable bonds is 6. The van der Waals surface area contributed by atoms with Gasteiger partial charge in [0.1, 0.15) is 11.8 Å². The highest BCUT2D eigenvalue weighted by atomic mass is 79.9. The molecule has 0 saturated heterocycles. The Balaban J connectivity index is 1.53. The Morgan fingerprint density at radius 3 is 2.71 bits per heavy atom. The molecule has 5 rings (SSSR count). The number of aromatic hydroxyl groups is 1. The number of nitrogens with zero attached hydrogens (tertiary/aromatic N) is 3. The number of phenolic OH excluding ortho intramolecular Hbond substituents is 1. The number of nitrogens with one attached hydrogen (secondary N) is 2. The first kappa shape index (κ1) is 26.3. The molecule has 4 aromatic rings. The van der Waals surface area contributed by atoms with Gasteiger partial charge in [0.15, 0.2) is 0 Å². The largest absolute Gasteiger partial charge is 0.507 e. The number of anilines is 2. The average molecular weight is 611 g/mol. The van der Waals surface area contributed by atoms with Gasteiger partial charge in [-0.25, -0.2) is 4.68 Å². The second kappa shape index (κ2) is 10.8. The number of carbonyl (C=O) groups excluding carboxylic acids is 1. The van der Waals surface area contributed by atoms with Crippen LogP contribution in [0.3, 0.4) is 0 Å². The highest BCUT2D eigenvalue weighted by Gasteiger charge is 2.35. The SMILES string of the molecule is CC1=C(C(=O)Nc2cccc(C)c2C)C(c2ccc(Br)c(O)c2)n2nc(SCc3ccccc3Cl)nc2N1. The highest BCUT2D eigenvalue weighted by Crippen LogP contribution is 2.39. The van der Waals surface area contributed by atoms with Crippen molar-refractivity contribution in [3.05, 3.63) is 104 Å². The molecule has 0 fully saturated rings. The third-order valence-corrected chi connectivity index (χ3v) is 8.46. The van der Waals surface area contributed by atoms with E-state index in [0.717, 1.165) is 22.4 Å². The van der Waals surface area contributed by atoms with Crippen molar-refractivity contribution in [2.45, 2.75) is 37.7 Å². The molecular formula is C28H25BrClN5O2S. The van der Waals surface area contributed by atoms with Crippen molar-refractivity contribution in [3.8, 4) is 5.75 Å². The number of amides is 1. The lowest BCUT2D eigenvalue weighted by Gasteiger charge is -2.29. The summed E-state index contributed by atoms with van der Waals surface area (Å²) < 4.78 is 2.26. The second-order valence-electron chi connectivity index (χ2n) is 9.02. The number of aromatic nitrogens is 3. The van der Waals surface area contributed by atoms with E-state index in [1.54, 1.807) is 16.8 Å². The van der Waals surface area contributed by atoms with Crippen LogP contribution in [0, 0.1) is 13.8 Å². The molecule has 1 aromatic heterocycles. The quantitative estimate of drug-likeness (QED) is 0.199. The summed E-state index contributed by atoms with van der Waals surface area (Å²) in [5.74, 6) is 0.921. The highest BCUT2D eigenvalue weighted by molar-refractivity contribution is 9.10.